The van der Waals surface area contributed by atoms with E-state index >= 15 is 0 Å². The molecule has 0 bridgehead atoms. The maximum Gasteiger partial charge on any atom is 0.00942 e. The largest absolute Gasteiger partial charge is 0.313 e. The van der Waals surface area contributed by atoms with Gasteiger partial charge < -0.3 is 10.2 Å². The second-order valence-corrected chi connectivity index (χ2v) is 6.45. The Balaban J connectivity index is 1.74. The number of hydrogen-bond acceptors (Lipinski definition) is 2. The Morgan fingerprint density at radius 3 is 2.62 bits per heavy atom. The molecule has 16 heavy (non-hydrogen) atoms. The van der Waals surface area contributed by atoms with Gasteiger partial charge in [0.15, 0.2) is 0 Å². The van der Waals surface area contributed by atoms with E-state index in [0.29, 0.717) is 5.41 Å². The molecule has 0 radical (unpaired) electrons. The van der Waals surface area contributed by atoms with E-state index in [1.165, 1.54) is 51.6 Å². The molecule has 2 atom stereocenters. The molecule has 94 valence electrons. The van der Waals surface area contributed by atoms with Crippen LogP contribution in [0, 0.1) is 5.41 Å². The molecule has 2 rings (SSSR count). The van der Waals surface area contributed by atoms with Crippen LogP contribution in [0.25, 0.3) is 0 Å². The van der Waals surface area contributed by atoms with Crippen LogP contribution in [0.15, 0.2) is 0 Å². The minimum absolute atomic E-state index is 0.604. The van der Waals surface area contributed by atoms with Crippen LogP contribution in [0.2, 0.25) is 0 Å². The number of nitrogens with zero attached hydrogens (tertiary/aromatic N) is 1. The summed E-state index contributed by atoms with van der Waals surface area (Å²) in [6, 6.07) is 1.52. The van der Waals surface area contributed by atoms with Crippen molar-refractivity contribution in [1.29, 1.82) is 0 Å². The van der Waals surface area contributed by atoms with Crippen LogP contribution in [-0.2, 0) is 0 Å². The molecule has 0 spiro atoms. The summed E-state index contributed by atoms with van der Waals surface area (Å²) in [6.45, 7) is 7.32. The summed E-state index contributed by atoms with van der Waals surface area (Å²) in [4.78, 5) is 2.48. The lowest BCUT2D eigenvalue weighted by Gasteiger charge is -2.37. The molecular weight excluding hydrogens is 196 g/mol. The van der Waals surface area contributed by atoms with Gasteiger partial charge in [-0.2, -0.15) is 0 Å². The average molecular weight is 224 g/mol. The van der Waals surface area contributed by atoms with Crippen LogP contribution < -0.4 is 5.32 Å². The Morgan fingerprint density at radius 1 is 1.31 bits per heavy atom. The van der Waals surface area contributed by atoms with Gasteiger partial charge in [0.05, 0.1) is 0 Å². The van der Waals surface area contributed by atoms with Crippen molar-refractivity contribution < 1.29 is 0 Å². The lowest BCUT2D eigenvalue weighted by molar-refractivity contribution is 0.159. The minimum atomic E-state index is 0.604. The lowest BCUT2D eigenvalue weighted by Crippen LogP contribution is -2.47. The Kier molecular flexibility index (Phi) is 3.91. The first-order valence-corrected chi connectivity index (χ1v) is 7.03. The van der Waals surface area contributed by atoms with Crippen LogP contribution in [-0.4, -0.2) is 37.1 Å². The topological polar surface area (TPSA) is 15.3 Å². The maximum absolute atomic E-state index is 3.83. The molecule has 1 saturated heterocycles. The van der Waals surface area contributed by atoms with Crippen LogP contribution in [0.1, 0.15) is 52.4 Å². The summed E-state index contributed by atoms with van der Waals surface area (Å²) in [5.41, 5.74) is 0.604. The van der Waals surface area contributed by atoms with Crippen molar-refractivity contribution in [2.75, 3.05) is 20.1 Å². The van der Waals surface area contributed by atoms with E-state index in [4.69, 9.17) is 0 Å². The van der Waals surface area contributed by atoms with Gasteiger partial charge in [0.2, 0.25) is 0 Å². The van der Waals surface area contributed by atoms with Crippen LogP contribution in [0.4, 0.5) is 0 Å². The molecule has 1 N–H and O–H groups in total. The average Bonchev–Trinajstić information content (AvgIpc) is 2.68. The highest BCUT2D eigenvalue weighted by atomic mass is 15.1. The van der Waals surface area contributed by atoms with E-state index in [0.717, 1.165) is 12.1 Å². The van der Waals surface area contributed by atoms with Crippen molar-refractivity contribution in [2.24, 2.45) is 5.41 Å². The molecule has 1 saturated carbocycles. The summed E-state index contributed by atoms with van der Waals surface area (Å²) < 4.78 is 0. The number of likely N-dealkylation sites (tertiary alicyclic amines) is 1. The van der Waals surface area contributed by atoms with Crippen molar-refractivity contribution in [3.05, 3.63) is 0 Å². The summed E-state index contributed by atoms with van der Waals surface area (Å²) in [5.74, 6) is 0. The summed E-state index contributed by atoms with van der Waals surface area (Å²) in [6.07, 6.45) is 8.41. The zero-order chi connectivity index (χ0) is 11.6. The van der Waals surface area contributed by atoms with Gasteiger partial charge in [-0.1, -0.05) is 19.8 Å². The van der Waals surface area contributed by atoms with Crippen molar-refractivity contribution in [3.8, 4) is 0 Å². The van der Waals surface area contributed by atoms with Crippen molar-refractivity contribution in [3.63, 3.8) is 0 Å². The molecule has 2 fully saturated rings. The highest BCUT2D eigenvalue weighted by Gasteiger charge is 2.30. The first-order valence-electron chi connectivity index (χ1n) is 7.03. The summed E-state index contributed by atoms with van der Waals surface area (Å²) >= 11 is 0. The van der Waals surface area contributed by atoms with E-state index in [9.17, 15) is 0 Å². The van der Waals surface area contributed by atoms with Crippen LogP contribution in [0.5, 0.6) is 0 Å². The van der Waals surface area contributed by atoms with Gasteiger partial charge in [-0.3, -0.25) is 0 Å². The molecule has 1 heterocycles. The fourth-order valence-electron chi connectivity index (χ4n) is 3.27. The number of rotatable bonds is 3. The Labute approximate surface area is 101 Å². The van der Waals surface area contributed by atoms with Gasteiger partial charge in [0.1, 0.15) is 0 Å². The maximum atomic E-state index is 3.83. The zero-order valence-electron chi connectivity index (χ0n) is 11.3. The number of nitrogens with one attached hydrogen (secondary N) is 1. The SMILES string of the molecule is CC1CC(NCC2(C)CCCC2)CCN1C. The third-order valence-electron chi connectivity index (χ3n) is 4.84. The highest BCUT2D eigenvalue weighted by molar-refractivity contribution is 4.86. The fourth-order valence-corrected chi connectivity index (χ4v) is 3.27. The highest BCUT2D eigenvalue weighted by Crippen LogP contribution is 2.37. The molecule has 2 nitrogen and oxygen atoms in total. The van der Waals surface area contributed by atoms with Gasteiger partial charge in [-0.05, 0) is 51.6 Å². The zero-order valence-corrected chi connectivity index (χ0v) is 11.3. The van der Waals surface area contributed by atoms with Gasteiger partial charge in [-0.25, -0.2) is 0 Å². The normalized spacial score (nSPS) is 35.4. The molecule has 1 aliphatic heterocycles. The molecule has 1 aliphatic carbocycles. The van der Waals surface area contributed by atoms with E-state index in [1.807, 2.05) is 0 Å². The third-order valence-corrected chi connectivity index (χ3v) is 4.84. The number of hydrogen-bond donors (Lipinski definition) is 1. The van der Waals surface area contributed by atoms with E-state index in [1.54, 1.807) is 0 Å². The van der Waals surface area contributed by atoms with Crippen molar-refractivity contribution >= 4 is 0 Å². The lowest BCUT2D eigenvalue weighted by atomic mass is 9.88. The number of piperidine rings is 1. The van der Waals surface area contributed by atoms with Gasteiger partial charge in [-0.15, -0.1) is 0 Å². The smallest absolute Gasteiger partial charge is 0.00942 e. The van der Waals surface area contributed by atoms with Crippen LogP contribution in [0.3, 0.4) is 0 Å². The van der Waals surface area contributed by atoms with Gasteiger partial charge in [0.25, 0.3) is 0 Å². The summed E-state index contributed by atoms with van der Waals surface area (Å²) in [5, 5.41) is 3.83. The Bertz CT molecular complexity index is 221. The molecule has 0 aromatic heterocycles. The van der Waals surface area contributed by atoms with Gasteiger partial charge in [0, 0.05) is 18.6 Å². The third kappa shape index (κ3) is 2.98. The Morgan fingerprint density at radius 2 is 2.00 bits per heavy atom. The van der Waals surface area contributed by atoms with Crippen molar-refractivity contribution in [2.45, 2.75) is 64.5 Å². The van der Waals surface area contributed by atoms with E-state index in [-0.39, 0.29) is 0 Å². The predicted molar refractivity (Wildman–Crippen MR) is 69.7 cm³/mol. The first kappa shape index (κ1) is 12.4. The molecule has 0 aromatic rings. The second-order valence-electron chi connectivity index (χ2n) is 6.45. The monoisotopic (exact) mass is 224 g/mol. The second kappa shape index (κ2) is 5.05. The predicted octanol–water partition coefficient (Wildman–Crippen LogP) is 2.64. The Hall–Kier alpha value is -0.0800. The van der Waals surface area contributed by atoms with Gasteiger partial charge >= 0.3 is 0 Å². The summed E-state index contributed by atoms with van der Waals surface area (Å²) in [7, 11) is 2.25. The van der Waals surface area contributed by atoms with Crippen molar-refractivity contribution in [1.82, 2.24) is 10.2 Å². The van der Waals surface area contributed by atoms with Crippen LogP contribution >= 0.6 is 0 Å². The van der Waals surface area contributed by atoms with E-state index < -0.39 is 0 Å². The minimum Gasteiger partial charge on any atom is -0.313 e. The molecular formula is C14H28N2. The quantitative estimate of drug-likeness (QED) is 0.793. The molecule has 2 aliphatic rings. The molecule has 0 aromatic carbocycles. The van der Waals surface area contributed by atoms with E-state index in [2.05, 4.69) is 31.1 Å². The fraction of sp³-hybridized carbons (Fsp3) is 1.00. The molecule has 2 unspecified atom stereocenters. The standard InChI is InChI=1S/C14H28N2/c1-12-10-13(6-9-16(12)3)15-11-14(2)7-4-5-8-14/h12-13,15H,4-11H2,1-3H3. The molecule has 2 heteroatoms. The first-order chi connectivity index (χ1) is 7.59. The molecule has 0 amide bonds.